The molecule has 0 bridgehead atoms. The van der Waals surface area contributed by atoms with Gasteiger partial charge >= 0.3 is 0 Å². The smallest absolute Gasteiger partial charge is 0.00520 e. The van der Waals surface area contributed by atoms with E-state index in [1.165, 1.54) is 57.7 Å². The lowest BCUT2D eigenvalue weighted by Gasteiger charge is -2.22. The third-order valence-electron chi connectivity index (χ3n) is 5.91. The van der Waals surface area contributed by atoms with Crippen molar-refractivity contribution in [2.45, 2.75) is 53.4 Å². The molecule has 0 aliphatic heterocycles. The number of hydrogen-bond donors (Lipinski definition) is 0. The minimum absolute atomic E-state index is 1.17. The summed E-state index contributed by atoms with van der Waals surface area (Å²) in [5.74, 6) is 0. The fraction of sp³-hybridized carbons (Fsp3) is 0.333. The molecule has 0 spiro atoms. The highest BCUT2D eigenvalue weighted by Crippen LogP contribution is 2.36. The molecule has 25 heavy (non-hydrogen) atoms. The summed E-state index contributed by atoms with van der Waals surface area (Å²) in [7, 11) is 0. The van der Waals surface area contributed by atoms with E-state index in [-0.39, 0.29) is 0 Å². The van der Waals surface area contributed by atoms with Crippen LogP contribution in [-0.2, 0) is 25.7 Å². The molecular formula is C24H26S. The van der Waals surface area contributed by atoms with Crippen LogP contribution in [0.1, 0.15) is 43.1 Å². The number of fused-ring (bicyclic) bond motifs is 2. The first kappa shape index (κ1) is 16.6. The van der Waals surface area contributed by atoms with Gasteiger partial charge in [0, 0.05) is 9.75 Å². The normalized spacial score (nSPS) is 13.8. The molecule has 0 saturated carbocycles. The van der Waals surface area contributed by atoms with Gasteiger partial charge in [0.1, 0.15) is 0 Å². The number of aryl methyl sites for hydroxylation is 3. The van der Waals surface area contributed by atoms with Gasteiger partial charge in [-0.3, -0.25) is 0 Å². The van der Waals surface area contributed by atoms with Crippen LogP contribution in [0.4, 0.5) is 0 Å². The largest absolute Gasteiger partial charge is 0.145 e. The maximum Gasteiger partial charge on any atom is 0.00520 e. The molecule has 1 heteroatoms. The molecule has 0 unspecified atom stereocenters. The van der Waals surface area contributed by atoms with E-state index in [9.17, 15) is 0 Å². The molecule has 128 valence electrons. The second-order valence-corrected chi connectivity index (χ2v) is 8.79. The van der Waals surface area contributed by atoms with Crippen LogP contribution in [0.25, 0.3) is 11.1 Å². The Balaban J connectivity index is 1.82. The van der Waals surface area contributed by atoms with Crippen LogP contribution in [0.2, 0.25) is 0 Å². The van der Waals surface area contributed by atoms with Crippen LogP contribution in [0.5, 0.6) is 0 Å². The van der Waals surface area contributed by atoms with Gasteiger partial charge < -0.3 is 0 Å². The Hall–Kier alpha value is -1.86. The molecule has 0 N–H and O–H groups in total. The predicted octanol–water partition coefficient (Wildman–Crippen LogP) is 6.53. The summed E-state index contributed by atoms with van der Waals surface area (Å²) >= 11 is 1.99. The Kier molecular flexibility index (Phi) is 4.29. The third kappa shape index (κ3) is 2.85. The fourth-order valence-electron chi connectivity index (χ4n) is 4.57. The SMILES string of the molecule is Cc1cc(-c2ccccc2)c(C)c2c1CCc1c(C)sc(C)c1CC2. The third-order valence-corrected chi connectivity index (χ3v) is 7.02. The second-order valence-electron chi connectivity index (χ2n) is 7.36. The van der Waals surface area contributed by atoms with E-state index in [4.69, 9.17) is 0 Å². The number of hydrogen-bond acceptors (Lipinski definition) is 1. The van der Waals surface area contributed by atoms with Gasteiger partial charge in [-0.1, -0.05) is 36.4 Å². The van der Waals surface area contributed by atoms with Gasteiger partial charge in [-0.2, -0.15) is 0 Å². The molecule has 3 aromatic rings. The molecule has 0 atom stereocenters. The summed E-state index contributed by atoms with van der Waals surface area (Å²) in [6.45, 7) is 9.24. The van der Waals surface area contributed by atoms with Crippen LogP contribution >= 0.6 is 11.3 Å². The van der Waals surface area contributed by atoms with Crippen molar-refractivity contribution >= 4 is 11.3 Å². The maximum atomic E-state index is 2.41. The Morgan fingerprint density at radius 3 is 1.88 bits per heavy atom. The van der Waals surface area contributed by atoms with Gasteiger partial charge in [0.05, 0.1) is 0 Å². The van der Waals surface area contributed by atoms with Gasteiger partial charge in [-0.05, 0) is 97.9 Å². The van der Waals surface area contributed by atoms with E-state index in [2.05, 4.69) is 64.1 Å². The quantitative estimate of drug-likeness (QED) is 0.470. The molecule has 0 saturated heterocycles. The van der Waals surface area contributed by atoms with Crippen molar-refractivity contribution in [3.63, 3.8) is 0 Å². The Bertz CT molecular complexity index is 929. The van der Waals surface area contributed by atoms with Crippen molar-refractivity contribution in [3.05, 3.63) is 79.5 Å². The Labute approximate surface area is 155 Å². The first-order chi connectivity index (χ1) is 12.1. The van der Waals surface area contributed by atoms with E-state index in [1.807, 2.05) is 11.3 Å². The van der Waals surface area contributed by atoms with Crippen LogP contribution in [0, 0.1) is 27.7 Å². The molecule has 0 nitrogen and oxygen atoms in total. The van der Waals surface area contributed by atoms with Crippen LogP contribution in [-0.4, -0.2) is 0 Å². The van der Waals surface area contributed by atoms with E-state index >= 15 is 0 Å². The van der Waals surface area contributed by atoms with E-state index in [0.717, 1.165) is 0 Å². The highest BCUT2D eigenvalue weighted by Gasteiger charge is 2.21. The Morgan fingerprint density at radius 2 is 1.24 bits per heavy atom. The minimum atomic E-state index is 1.17. The monoisotopic (exact) mass is 346 g/mol. The van der Waals surface area contributed by atoms with E-state index in [1.54, 1.807) is 22.3 Å². The lowest BCUT2D eigenvalue weighted by Crippen LogP contribution is -2.10. The summed E-state index contributed by atoms with van der Waals surface area (Å²) < 4.78 is 0. The van der Waals surface area contributed by atoms with Crippen molar-refractivity contribution in [3.8, 4) is 11.1 Å². The zero-order valence-electron chi connectivity index (χ0n) is 15.7. The van der Waals surface area contributed by atoms with Crippen molar-refractivity contribution in [1.82, 2.24) is 0 Å². The topological polar surface area (TPSA) is 0 Å². The van der Waals surface area contributed by atoms with Crippen LogP contribution < -0.4 is 0 Å². The predicted molar refractivity (Wildman–Crippen MR) is 110 cm³/mol. The summed E-state index contributed by atoms with van der Waals surface area (Å²) in [6, 6.07) is 13.3. The van der Waals surface area contributed by atoms with Crippen LogP contribution in [0.15, 0.2) is 36.4 Å². The Morgan fingerprint density at radius 1 is 0.680 bits per heavy atom. The summed E-state index contributed by atoms with van der Waals surface area (Å²) in [4.78, 5) is 3.07. The molecular weight excluding hydrogens is 320 g/mol. The van der Waals surface area contributed by atoms with Gasteiger partial charge in [0.2, 0.25) is 0 Å². The molecule has 1 aliphatic rings. The number of rotatable bonds is 1. The fourth-order valence-corrected chi connectivity index (χ4v) is 5.73. The number of thiophene rings is 1. The summed E-state index contributed by atoms with van der Waals surface area (Å²) in [5, 5.41) is 0. The maximum absolute atomic E-state index is 2.41. The standard InChI is InChI=1S/C24H26S/c1-15-14-24(19-8-6-5-7-9-19)16(2)21-11-13-23-18(4)25-17(3)22(23)12-10-20(15)21/h5-9,14H,10-13H2,1-4H3. The molecule has 1 aliphatic carbocycles. The number of benzene rings is 2. The molecule has 2 aromatic carbocycles. The van der Waals surface area contributed by atoms with Gasteiger partial charge in [-0.15, -0.1) is 11.3 Å². The average molecular weight is 347 g/mol. The van der Waals surface area contributed by atoms with Gasteiger partial charge in [0.25, 0.3) is 0 Å². The zero-order valence-corrected chi connectivity index (χ0v) is 16.5. The van der Waals surface area contributed by atoms with Crippen molar-refractivity contribution in [1.29, 1.82) is 0 Å². The molecule has 4 rings (SSSR count). The van der Waals surface area contributed by atoms with Crippen molar-refractivity contribution < 1.29 is 0 Å². The van der Waals surface area contributed by atoms with Crippen molar-refractivity contribution in [2.75, 3.05) is 0 Å². The van der Waals surface area contributed by atoms with Gasteiger partial charge in [0.15, 0.2) is 0 Å². The molecule has 0 fully saturated rings. The highest BCUT2D eigenvalue weighted by atomic mass is 32.1. The summed E-state index contributed by atoms with van der Waals surface area (Å²) in [6.07, 6.45) is 4.74. The lowest BCUT2D eigenvalue weighted by atomic mass is 9.82. The van der Waals surface area contributed by atoms with Crippen LogP contribution in [0.3, 0.4) is 0 Å². The summed E-state index contributed by atoms with van der Waals surface area (Å²) in [5.41, 5.74) is 12.2. The minimum Gasteiger partial charge on any atom is -0.145 e. The molecule has 1 aromatic heterocycles. The van der Waals surface area contributed by atoms with Crippen molar-refractivity contribution in [2.24, 2.45) is 0 Å². The van der Waals surface area contributed by atoms with E-state index < -0.39 is 0 Å². The van der Waals surface area contributed by atoms with E-state index in [0.29, 0.717) is 0 Å². The van der Waals surface area contributed by atoms with Gasteiger partial charge in [-0.25, -0.2) is 0 Å². The highest BCUT2D eigenvalue weighted by molar-refractivity contribution is 7.12. The average Bonchev–Trinajstić information content (AvgIpc) is 2.84. The first-order valence-corrected chi connectivity index (χ1v) is 10.1. The first-order valence-electron chi connectivity index (χ1n) is 9.31. The molecule has 0 amide bonds. The molecule has 1 heterocycles. The molecule has 0 radical (unpaired) electrons. The zero-order chi connectivity index (χ0) is 17.6. The second kappa shape index (κ2) is 6.46. The lowest BCUT2D eigenvalue weighted by molar-refractivity contribution is 0.826.